The van der Waals surface area contributed by atoms with Gasteiger partial charge in [-0.1, -0.05) is 0 Å². The molecule has 1 saturated carbocycles. The predicted octanol–water partition coefficient (Wildman–Crippen LogP) is 1.01. The van der Waals surface area contributed by atoms with Crippen LogP contribution in [0.25, 0.3) is 10.9 Å². The van der Waals surface area contributed by atoms with Gasteiger partial charge in [0.2, 0.25) is 5.91 Å². The number of aromatic amines is 1. The average Bonchev–Trinajstić information content (AvgIpc) is 3.23. The standard InChI is InChI=1S/C15H18N4O2/c16-10-3-4-13-11(7-10)12(8-19-13)15(21)18-6-5-17-14(20)9-1-2-9/h3-4,7-9,19H,1-2,5-6,16H2,(H,17,20)(H,18,21). The van der Waals surface area contributed by atoms with E-state index in [0.717, 1.165) is 23.7 Å². The van der Waals surface area contributed by atoms with E-state index >= 15 is 0 Å². The highest BCUT2D eigenvalue weighted by molar-refractivity contribution is 6.07. The van der Waals surface area contributed by atoms with E-state index < -0.39 is 0 Å². The molecule has 0 radical (unpaired) electrons. The maximum Gasteiger partial charge on any atom is 0.253 e. The number of carbonyl (C=O) groups is 2. The van der Waals surface area contributed by atoms with Crippen LogP contribution in [0.4, 0.5) is 5.69 Å². The fourth-order valence-corrected chi connectivity index (χ4v) is 2.27. The van der Waals surface area contributed by atoms with E-state index in [1.54, 1.807) is 18.3 Å². The number of H-pyrrole nitrogens is 1. The van der Waals surface area contributed by atoms with Crippen LogP contribution in [0.2, 0.25) is 0 Å². The molecule has 5 N–H and O–H groups in total. The lowest BCUT2D eigenvalue weighted by Crippen LogP contribution is -2.35. The summed E-state index contributed by atoms with van der Waals surface area (Å²) in [5.41, 5.74) is 7.80. The van der Waals surface area contributed by atoms with Gasteiger partial charge in [-0.05, 0) is 31.0 Å². The maximum absolute atomic E-state index is 12.1. The number of fused-ring (bicyclic) bond motifs is 1. The minimum absolute atomic E-state index is 0.0871. The Hall–Kier alpha value is -2.50. The van der Waals surface area contributed by atoms with Gasteiger partial charge in [-0.15, -0.1) is 0 Å². The van der Waals surface area contributed by atoms with Gasteiger partial charge in [0, 0.05) is 41.8 Å². The van der Waals surface area contributed by atoms with Crippen molar-refractivity contribution in [3.63, 3.8) is 0 Å². The van der Waals surface area contributed by atoms with Gasteiger partial charge in [-0.3, -0.25) is 9.59 Å². The van der Waals surface area contributed by atoms with Crippen molar-refractivity contribution in [3.8, 4) is 0 Å². The van der Waals surface area contributed by atoms with Gasteiger partial charge in [-0.25, -0.2) is 0 Å². The van der Waals surface area contributed by atoms with E-state index in [-0.39, 0.29) is 17.7 Å². The summed E-state index contributed by atoms with van der Waals surface area (Å²) in [6, 6.07) is 5.40. The Morgan fingerprint density at radius 2 is 2.00 bits per heavy atom. The molecular formula is C15H18N4O2. The zero-order valence-electron chi connectivity index (χ0n) is 11.6. The monoisotopic (exact) mass is 286 g/mol. The fourth-order valence-electron chi connectivity index (χ4n) is 2.27. The smallest absolute Gasteiger partial charge is 0.253 e. The highest BCUT2D eigenvalue weighted by Gasteiger charge is 2.29. The van der Waals surface area contributed by atoms with Crippen LogP contribution >= 0.6 is 0 Å². The molecule has 1 aromatic heterocycles. The van der Waals surface area contributed by atoms with Crippen LogP contribution in [-0.2, 0) is 4.79 Å². The van der Waals surface area contributed by atoms with Gasteiger partial charge < -0.3 is 21.4 Å². The molecule has 0 unspecified atom stereocenters. The Balaban J connectivity index is 1.56. The molecule has 2 aromatic rings. The molecule has 0 saturated heterocycles. The van der Waals surface area contributed by atoms with Gasteiger partial charge in [0.15, 0.2) is 0 Å². The van der Waals surface area contributed by atoms with Crippen LogP contribution in [0.5, 0.6) is 0 Å². The molecule has 0 aliphatic heterocycles. The summed E-state index contributed by atoms with van der Waals surface area (Å²) in [4.78, 5) is 26.6. The Kier molecular flexibility index (Phi) is 3.51. The largest absolute Gasteiger partial charge is 0.399 e. The minimum Gasteiger partial charge on any atom is -0.399 e. The minimum atomic E-state index is -0.174. The van der Waals surface area contributed by atoms with Crippen molar-refractivity contribution in [1.29, 1.82) is 0 Å². The SMILES string of the molecule is Nc1ccc2[nH]cc(C(=O)NCCNC(=O)C3CC3)c2c1. The van der Waals surface area contributed by atoms with E-state index in [1.807, 2.05) is 6.07 Å². The normalized spacial score (nSPS) is 14.1. The molecule has 1 fully saturated rings. The van der Waals surface area contributed by atoms with Crippen LogP contribution in [0.3, 0.4) is 0 Å². The van der Waals surface area contributed by atoms with Crippen LogP contribution in [0, 0.1) is 5.92 Å². The quantitative estimate of drug-likeness (QED) is 0.487. The van der Waals surface area contributed by atoms with E-state index in [2.05, 4.69) is 15.6 Å². The number of amides is 2. The zero-order valence-corrected chi connectivity index (χ0v) is 11.6. The number of anilines is 1. The summed E-state index contributed by atoms with van der Waals surface area (Å²) in [6.45, 7) is 0.859. The van der Waals surface area contributed by atoms with Crippen molar-refractivity contribution in [1.82, 2.24) is 15.6 Å². The second-order valence-corrected chi connectivity index (χ2v) is 5.33. The first-order valence-corrected chi connectivity index (χ1v) is 7.07. The molecule has 110 valence electrons. The van der Waals surface area contributed by atoms with Crippen molar-refractivity contribution in [3.05, 3.63) is 30.0 Å². The van der Waals surface area contributed by atoms with Crippen LogP contribution < -0.4 is 16.4 Å². The number of hydrogen-bond donors (Lipinski definition) is 4. The number of benzene rings is 1. The summed E-state index contributed by atoms with van der Waals surface area (Å²) in [5, 5.41) is 6.41. The molecule has 1 aliphatic carbocycles. The molecule has 0 spiro atoms. The van der Waals surface area contributed by atoms with Gasteiger partial charge in [0.1, 0.15) is 0 Å². The van der Waals surface area contributed by atoms with Gasteiger partial charge in [0.25, 0.3) is 5.91 Å². The first-order chi connectivity index (χ1) is 10.1. The Labute approximate surface area is 122 Å². The van der Waals surface area contributed by atoms with Crippen molar-refractivity contribution in [2.45, 2.75) is 12.8 Å². The van der Waals surface area contributed by atoms with E-state index in [4.69, 9.17) is 5.73 Å². The predicted molar refractivity (Wildman–Crippen MR) is 80.8 cm³/mol. The molecule has 6 heteroatoms. The number of aromatic nitrogens is 1. The Morgan fingerprint density at radius 1 is 1.24 bits per heavy atom. The lowest BCUT2D eigenvalue weighted by molar-refractivity contribution is -0.122. The van der Waals surface area contributed by atoms with Crippen LogP contribution in [-0.4, -0.2) is 29.9 Å². The third-order valence-electron chi connectivity index (χ3n) is 3.61. The number of nitrogens with two attached hydrogens (primary N) is 1. The molecule has 1 heterocycles. The third kappa shape index (κ3) is 2.99. The van der Waals surface area contributed by atoms with Gasteiger partial charge in [-0.2, -0.15) is 0 Å². The van der Waals surface area contributed by atoms with Gasteiger partial charge >= 0.3 is 0 Å². The fraction of sp³-hybridized carbons (Fsp3) is 0.333. The lowest BCUT2D eigenvalue weighted by Gasteiger charge is -2.06. The molecule has 6 nitrogen and oxygen atoms in total. The van der Waals surface area contributed by atoms with Gasteiger partial charge in [0.05, 0.1) is 5.56 Å². The van der Waals surface area contributed by atoms with Crippen molar-refractivity contribution in [2.24, 2.45) is 5.92 Å². The molecule has 0 atom stereocenters. The first kappa shape index (κ1) is 13.5. The number of nitrogens with one attached hydrogen (secondary N) is 3. The number of nitrogen functional groups attached to an aromatic ring is 1. The third-order valence-corrected chi connectivity index (χ3v) is 3.61. The number of carbonyl (C=O) groups excluding carboxylic acids is 2. The Morgan fingerprint density at radius 3 is 2.76 bits per heavy atom. The topological polar surface area (TPSA) is 100 Å². The molecule has 1 aliphatic rings. The molecule has 1 aromatic carbocycles. The summed E-state index contributed by atoms with van der Waals surface area (Å²) in [7, 11) is 0. The van der Waals surface area contributed by atoms with E-state index in [1.165, 1.54) is 0 Å². The van der Waals surface area contributed by atoms with Crippen molar-refractivity contribution < 1.29 is 9.59 Å². The number of hydrogen-bond acceptors (Lipinski definition) is 3. The average molecular weight is 286 g/mol. The van der Waals surface area contributed by atoms with E-state index in [0.29, 0.717) is 24.3 Å². The summed E-state index contributed by atoms with van der Waals surface area (Å²) >= 11 is 0. The van der Waals surface area contributed by atoms with E-state index in [9.17, 15) is 9.59 Å². The zero-order chi connectivity index (χ0) is 14.8. The molecule has 21 heavy (non-hydrogen) atoms. The molecule has 2 amide bonds. The maximum atomic E-state index is 12.1. The second-order valence-electron chi connectivity index (χ2n) is 5.33. The molecule has 3 rings (SSSR count). The van der Waals surface area contributed by atoms with Crippen LogP contribution in [0.15, 0.2) is 24.4 Å². The summed E-state index contributed by atoms with van der Waals surface area (Å²) in [5.74, 6) is 0.105. The number of rotatable bonds is 5. The second kappa shape index (κ2) is 5.47. The first-order valence-electron chi connectivity index (χ1n) is 7.07. The summed E-state index contributed by atoms with van der Waals surface area (Å²) < 4.78 is 0. The van der Waals surface area contributed by atoms with Crippen molar-refractivity contribution in [2.75, 3.05) is 18.8 Å². The Bertz CT molecular complexity index is 688. The lowest BCUT2D eigenvalue weighted by atomic mass is 10.1. The highest BCUT2D eigenvalue weighted by Crippen LogP contribution is 2.28. The van der Waals surface area contributed by atoms with Crippen LogP contribution in [0.1, 0.15) is 23.2 Å². The summed E-state index contributed by atoms with van der Waals surface area (Å²) in [6.07, 6.45) is 3.63. The highest BCUT2D eigenvalue weighted by atomic mass is 16.2. The molecule has 0 bridgehead atoms. The molecular weight excluding hydrogens is 268 g/mol. The van der Waals surface area contributed by atoms with Crippen molar-refractivity contribution >= 4 is 28.4 Å².